The van der Waals surface area contributed by atoms with Crippen molar-refractivity contribution in [2.45, 2.75) is 32.6 Å². The Hall–Kier alpha value is -4.00. The average Bonchev–Trinajstić information content (AvgIpc) is 2.98. The fourth-order valence-electron chi connectivity index (χ4n) is 3.80. The number of rotatable bonds is 7. The highest BCUT2D eigenvalue weighted by Crippen LogP contribution is 2.29. The lowest BCUT2D eigenvalue weighted by Crippen LogP contribution is -2.39. The van der Waals surface area contributed by atoms with Gasteiger partial charge in [0, 0.05) is 24.3 Å². The van der Waals surface area contributed by atoms with Crippen LogP contribution in [0.5, 0.6) is 11.5 Å². The molecular weight excluding hydrogens is 432 g/mol. The molecule has 0 aliphatic carbocycles. The van der Waals surface area contributed by atoms with Crippen LogP contribution in [-0.4, -0.2) is 36.7 Å². The highest BCUT2D eigenvalue weighted by atomic mass is 16.5. The van der Waals surface area contributed by atoms with E-state index in [0.29, 0.717) is 30.9 Å². The first kappa shape index (κ1) is 23.2. The molecule has 4 rings (SSSR count). The number of fused-ring (bicyclic) bond motifs is 1. The maximum Gasteiger partial charge on any atom is 0.411 e. The smallest absolute Gasteiger partial charge is 0.411 e. The Morgan fingerprint density at radius 3 is 2.56 bits per heavy atom. The number of hydrogen-bond acceptors (Lipinski definition) is 5. The van der Waals surface area contributed by atoms with Gasteiger partial charge in [-0.15, -0.1) is 0 Å². The minimum absolute atomic E-state index is 0.0681. The Morgan fingerprint density at radius 2 is 1.82 bits per heavy atom. The highest BCUT2D eigenvalue weighted by molar-refractivity contribution is 5.85. The van der Waals surface area contributed by atoms with Crippen LogP contribution in [0.25, 0.3) is 0 Å². The SMILES string of the molecule is COc1ccc(CCN2Cc3cc(NC(=O)OCc4ccccc4)ccc3OC(C)C2=O)cc1. The molecule has 34 heavy (non-hydrogen) atoms. The minimum atomic E-state index is -0.591. The van der Waals surface area contributed by atoms with Crippen molar-refractivity contribution in [3.8, 4) is 11.5 Å². The van der Waals surface area contributed by atoms with E-state index in [9.17, 15) is 9.59 Å². The van der Waals surface area contributed by atoms with Crippen LogP contribution in [0.4, 0.5) is 10.5 Å². The number of anilines is 1. The van der Waals surface area contributed by atoms with E-state index in [1.54, 1.807) is 31.1 Å². The van der Waals surface area contributed by atoms with Crippen LogP contribution < -0.4 is 14.8 Å². The van der Waals surface area contributed by atoms with E-state index in [2.05, 4.69) is 5.32 Å². The van der Waals surface area contributed by atoms with E-state index < -0.39 is 12.2 Å². The molecule has 1 aliphatic heterocycles. The summed E-state index contributed by atoms with van der Waals surface area (Å²) in [7, 11) is 1.63. The second-order valence-corrected chi connectivity index (χ2v) is 8.13. The van der Waals surface area contributed by atoms with E-state index in [1.807, 2.05) is 60.7 Å². The number of hydrogen-bond donors (Lipinski definition) is 1. The second-order valence-electron chi connectivity index (χ2n) is 8.13. The molecule has 0 bridgehead atoms. The largest absolute Gasteiger partial charge is 0.497 e. The van der Waals surface area contributed by atoms with Crippen LogP contribution in [0.2, 0.25) is 0 Å². The zero-order valence-electron chi connectivity index (χ0n) is 19.3. The fraction of sp³-hybridized carbons (Fsp3) is 0.259. The summed E-state index contributed by atoms with van der Waals surface area (Å²) in [6.45, 7) is 2.88. The molecule has 0 radical (unpaired) electrons. The van der Waals surface area contributed by atoms with Crippen molar-refractivity contribution in [2.24, 2.45) is 0 Å². The lowest BCUT2D eigenvalue weighted by molar-refractivity contribution is -0.137. The zero-order valence-corrected chi connectivity index (χ0v) is 19.3. The minimum Gasteiger partial charge on any atom is -0.497 e. The van der Waals surface area contributed by atoms with E-state index in [-0.39, 0.29) is 12.5 Å². The Labute approximate surface area is 199 Å². The molecule has 176 valence electrons. The molecule has 1 heterocycles. The normalized spacial score (nSPS) is 15.1. The Morgan fingerprint density at radius 1 is 1.06 bits per heavy atom. The molecule has 1 N–H and O–H groups in total. The van der Waals surface area contributed by atoms with Crippen LogP contribution in [0.1, 0.15) is 23.6 Å². The Balaban J connectivity index is 1.41. The van der Waals surface area contributed by atoms with Crippen molar-refractivity contribution in [1.82, 2.24) is 4.90 Å². The van der Waals surface area contributed by atoms with Crippen molar-refractivity contribution in [2.75, 3.05) is 19.0 Å². The number of carbonyl (C=O) groups excluding carboxylic acids is 2. The van der Waals surface area contributed by atoms with Crippen molar-refractivity contribution >= 4 is 17.7 Å². The molecule has 7 nitrogen and oxygen atoms in total. The lowest BCUT2D eigenvalue weighted by atomic mass is 10.1. The molecule has 0 aromatic heterocycles. The van der Waals surface area contributed by atoms with Crippen LogP contribution in [0.15, 0.2) is 72.8 Å². The van der Waals surface area contributed by atoms with Crippen LogP contribution in [0.3, 0.4) is 0 Å². The standard InChI is InChI=1S/C27H28N2O5/c1-19-26(30)29(15-14-20-8-11-24(32-2)12-9-20)17-22-16-23(10-13-25(22)34-19)28-27(31)33-18-21-6-4-3-5-7-21/h3-13,16,19H,14-15,17-18H2,1-2H3,(H,28,31). The van der Waals surface area contributed by atoms with Gasteiger partial charge in [0.15, 0.2) is 6.10 Å². The van der Waals surface area contributed by atoms with Gasteiger partial charge in [-0.3, -0.25) is 10.1 Å². The predicted octanol–water partition coefficient (Wildman–Crippen LogP) is 4.80. The third-order valence-corrected chi connectivity index (χ3v) is 5.67. The van der Waals surface area contributed by atoms with Gasteiger partial charge >= 0.3 is 6.09 Å². The molecule has 3 aromatic carbocycles. The van der Waals surface area contributed by atoms with Crippen molar-refractivity contribution in [3.63, 3.8) is 0 Å². The summed E-state index contributed by atoms with van der Waals surface area (Å²) in [5.41, 5.74) is 3.43. The van der Waals surface area contributed by atoms with Crippen LogP contribution in [0, 0.1) is 0 Å². The van der Waals surface area contributed by atoms with Gasteiger partial charge in [-0.05, 0) is 54.8 Å². The summed E-state index contributed by atoms with van der Waals surface area (Å²) >= 11 is 0. The van der Waals surface area contributed by atoms with Crippen molar-refractivity contribution in [3.05, 3.63) is 89.5 Å². The van der Waals surface area contributed by atoms with Gasteiger partial charge in [0.05, 0.1) is 7.11 Å². The quantitative estimate of drug-likeness (QED) is 0.548. The first-order chi connectivity index (χ1) is 16.5. The number of carbonyl (C=O) groups is 2. The third-order valence-electron chi connectivity index (χ3n) is 5.67. The average molecular weight is 461 g/mol. The van der Waals surface area contributed by atoms with Gasteiger partial charge in [0.1, 0.15) is 18.1 Å². The van der Waals surface area contributed by atoms with Gasteiger partial charge in [0.2, 0.25) is 0 Å². The maximum atomic E-state index is 12.9. The summed E-state index contributed by atoms with van der Waals surface area (Å²) < 4.78 is 16.4. The maximum absolute atomic E-state index is 12.9. The number of nitrogens with zero attached hydrogens (tertiary/aromatic N) is 1. The molecule has 1 atom stereocenters. The fourth-order valence-corrected chi connectivity index (χ4v) is 3.80. The third kappa shape index (κ3) is 5.86. The zero-order chi connectivity index (χ0) is 23.9. The van der Waals surface area contributed by atoms with E-state index in [1.165, 1.54) is 0 Å². The predicted molar refractivity (Wildman–Crippen MR) is 129 cm³/mol. The van der Waals surface area contributed by atoms with Gasteiger partial charge in [0.25, 0.3) is 5.91 Å². The van der Waals surface area contributed by atoms with Crippen LogP contribution >= 0.6 is 0 Å². The molecule has 0 saturated heterocycles. The van der Waals surface area contributed by atoms with Gasteiger partial charge in [-0.2, -0.15) is 0 Å². The van der Waals surface area contributed by atoms with Crippen molar-refractivity contribution < 1.29 is 23.8 Å². The molecular formula is C27H28N2O5. The summed E-state index contributed by atoms with van der Waals surface area (Å²) in [4.78, 5) is 27.0. The Kier molecular flexibility index (Phi) is 7.32. The molecule has 3 aromatic rings. The monoisotopic (exact) mass is 460 g/mol. The molecule has 7 heteroatoms. The molecule has 1 aliphatic rings. The first-order valence-electron chi connectivity index (χ1n) is 11.2. The highest BCUT2D eigenvalue weighted by Gasteiger charge is 2.28. The number of nitrogens with one attached hydrogen (secondary N) is 1. The summed E-state index contributed by atoms with van der Waals surface area (Å²) in [6, 6.07) is 22.7. The molecule has 0 spiro atoms. The Bertz CT molecular complexity index is 1130. The second kappa shape index (κ2) is 10.7. The lowest BCUT2D eigenvalue weighted by Gasteiger charge is -2.22. The first-order valence-corrected chi connectivity index (χ1v) is 11.2. The van der Waals surface area contributed by atoms with Crippen molar-refractivity contribution in [1.29, 1.82) is 0 Å². The molecule has 1 unspecified atom stereocenters. The number of benzene rings is 3. The summed E-state index contributed by atoms with van der Waals surface area (Å²) in [5.74, 6) is 1.37. The van der Waals surface area contributed by atoms with E-state index >= 15 is 0 Å². The molecule has 0 saturated carbocycles. The van der Waals surface area contributed by atoms with Gasteiger partial charge in [-0.25, -0.2) is 4.79 Å². The molecule has 0 fully saturated rings. The van der Waals surface area contributed by atoms with Crippen LogP contribution in [-0.2, 0) is 29.1 Å². The summed E-state index contributed by atoms with van der Waals surface area (Å²) in [5, 5.41) is 2.76. The number of methoxy groups -OCH3 is 1. The number of ether oxygens (including phenoxy) is 3. The number of amides is 2. The summed E-state index contributed by atoms with van der Waals surface area (Å²) in [6.07, 6.45) is -0.424. The van der Waals surface area contributed by atoms with E-state index in [0.717, 1.165) is 22.4 Å². The topological polar surface area (TPSA) is 77.1 Å². The van der Waals surface area contributed by atoms with Gasteiger partial charge in [-0.1, -0.05) is 42.5 Å². The van der Waals surface area contributed by atoms with E-state index in [4.69, 9.17) is 14.2 Å². The van der Waals surface area contributed by atoms with Gasteiger partial charge < -0.3 is 19.1 Å². The molecule has 2 amide bonds.